The summed E-state index contributed by atoms with van der Waals surface area (Å²) in [5, 5.41) is 12.0. The molecule has 1 N–H and O–H groups in total. The molecule has 0 fully saturated rings. The Balaban J connectivity index is 2.16. The Morgan fingerprint density at radius 2 is 2.20 bits per heavy atom. The Labute approximate surface area is 127 Å². The lowest BCUT2D eigenvalue weighted by atomic mass is 10.0. The minimum Gasteiger partial charge on any atom is -0.305 e. The van der Waals surface area contributed by atoms with Crippen molar-refractivity contribution >= 4 is 33.0 Å². The van der Waals surface area contributed by atoms with Gasteiger partial charge in [0.1, 0.15) is 0 Å². The predicted octanol–water partition coefficient (Wildman–Crippen LogP) is 3.99. The van der Waals surface area contributed by atoms with E-state index in [-0.39, 0.29) is 6.04 Å². The van der Waals surface area contributed by atoms with Crippen molar-refractivity contribution in [2.75, 3.05) is 6.54 Å². The highest BCUT2D eigenvalue weighted by Gasteiger charge is 2.22. The Morgan fingerprint density at radius 1 is 1.40 bits per heavy atom. The largest absolute Gasteiger partial charge is 0.305 e. The highest BCUT2D eigenvalue weighted by atomic mass is 35.5. The van der Waals surface area contributed by atoms with Gasteiger partial charge in [-0.2, -0.15) is 5.10 Å². The number of aromatic nitrogens is 2. The molecule has 0 radical (unpaired) electrons. The van der Waals surface area contributed by atoms with Gasteiger partial charge in [0.2, 0.25) is 0 Å². The molecule has 1 aromatic carbocycles. The SMILES string of the molecule is CCNC(c1csc2ccccc12)c1c(Cl)cnn1C. The third-order valence-corrected chi connectivity index (χ3v) is 4.71. The molecule has 1 unspecified atom stereocenters. The fraction of sp³-hybridized carbons (Fsp3) is 0.267. The number of hydrogen-bond acceptors (Lipinski definition) is 3. The molecule has 0 saturated carbocycles. The van der Waals surface area contributed by atoms with Crippen LogP contribution in [0.2, 0.25) is 5.02 Å². The summed E-state index contributed by atoms with van der Waals surface area (Å²) in [5.41, 5.74) is 2.27. The molecule has 0 aliphatic heterocycles. The van der Waals surface area contributed by atoms with Crippen LogP contribution in [0.25, 0.3) is 10.1 Å². The van der Waals surface area contributed by atoms with E-state index >= 15 is 0 Å². The first-order chi connectivity index (χ1) is 9.72. The van der Waals surface area contributed by atoms with Gasteiger partial charge in [-0.25, -0.2) is 0 Å². The van der Waals surface area contributed by atoms with Crippen LogP contribution in [0.3, 0.4) is 0 Å². The molecule has 3 aromatic rings. The van der Waals surface area contributed by atoms with E-state index in [2.05, 4.69) is 47.0 Å². The maximum Gasteiger partial charge on any atom is 0.0837 e. The van der Waals surface area contributed by atoms with Gasteiger partial charge < -0.3 is 5.32 Å². The normalized spacial score (nSPS) is 12.9. The summed E-state index contributed by atoms with van der Waals surface area (Å²) in [7, 11) is 1.93. The maximum atomic E-state index is 6.32. The summed E-state index contributed by atoms with van der Waals surface area (Å²) in [6, 6.07) is 8.53. The van der Waals surface area contributed by atoms with Crippen molar-refractivity contribution in [1.29, 1.82) is 0 Å². The van der Waals surface area contributed by atoms with E-state index < -0.39 is 0 Å². The predicted molar refractivity (Wildman–Crippen MR) is 85.6 cm³/mol. The molecular formula is C15H16ClN3S. The molecule has 20 heavy (non-hydrogen) atoms. The summed E-state index contributed by atoms with van der Waals surface area (Å²) in [6.45, 7) is 2.97. The number of fused-ring (bicyclic) bond motifs is 1. The molecule has 0 aliphatic carbocycles. The fourth-order valence-electron chi connectivity index (χ4n) is 2.52. The summed E-state index contributed by atoms with van der Waals surface area (Å²) in [4.78, 5) is 0. The van der Waals surface area contributed by atoms with E-state index in [1.807, 2.05) is 11.7 Å². The van der Waals surface area contributed by atoms with E-state index in [0.717, 1.165) is 12.2 Å². The van der Waals surface area contributed by atoms with Crippen molar-refractivity contribution < 1.29 is 0 Å². The van der Waals surface area contributed by atoms with Crippen LogP contribution in [0.1, 0.15) is 24.2 Å². The number of hydrogen-bond donors (Lipinski definition) is 1. The molecule has 0 saturated heterocycles. The minimum absolute atomic E-state index is 0.0659. The summed E-state index contributed by atoms with van der Waals surface area (Å²) in [6.07, 6.45) is 1.70. The van der Waals surface area contributed by atoms with Crippen molar-refractivity contribution in [1.82, 2.24) is 15.1 Å². The van der Waals surface area contributed by atoms with Crippen LogP contribution >= 0.6 is 22.9 Å². The van der Waals surface area contributed by atoms with Gasteiger partial charge in [0, 0.05) is 11.7 Å². The molecule has 0 spiro atoms. The number of rotatable bonds is 4. The number of aryl methyl sites for hydroxylation is 1. The van der Waals surface area contributed by atoms with E-state index in [1.54, 1.807) is 17.5 Å². The van der Waals surface area contributed by atoms with E-state index in [0.29, 0.717) is 5.02 Å². The zero-order valence-electron chi connectivity index (χ0n) is 11.4. The van der Waals surface area contributed by atoms with Crippen LogP contribution in [0.5, 0.6) is 0 Å². The Bertz CT molecular complexity index is 712. The zero-order chi connectivity index (χ0) is 14.1. The minimum atomic E-state index is 0.0659. The van der Waals surface area contributed by atoms with Crippen LogP contribution in [-0.4, -0.2) is 16.3 Å². The van der Waals surface area contributed by atoms with Crippen molar-refractivity contribution in [3.63, 3.8) is 0 Å². The molecule has 2 heterocycles. The summed E-state index contributed by atoms with van der Waals surface area (Å²) < 4.78 is 3.14. The second-order valence-corrected chi connectivity index (χ2v) is 6.00. The zero-order valence-corrected chi connectivity index (χ0v) is 13.0. The monoisotopic (exact) mass is 305 g/mol. The molecule has 3 nitrogen and oxygen atoms in total. The van der Waals surface area contributed by atoms with E-state index in [4.69, 9.17) is 11.6 Å². The number of nitrogens with one attached hydrogen (secondary N) is 1. The molecule has 104 valence electrons. The van der Waals surface area contributed by atoms with Crippen molar-refractivity contribution in [2.45, 2.75) is 13.0 Å². The standard InChI is InChI=1S/C15H16ClN3S/c1-3-17-14(15-12(16)8-18-19(15)2)11-9-20-13-7-5-4-6-10(11)13/h4-9,14,17H,3H2,1-2H3. The molecule has 1 atom stereocenters. The van der Waals surface area contributed by atoms with Crippen LogP contribution in [0.15, 0.2) is 35.8 Å². The summed E-state index contributed by atoms with van der Waals surface area (Å²) in [5.74, 6) is 0. The quantitative estimate of drug-likeness (QED) is 0.790. The number of thiophene rings is 1. The van der Waals surface area contributed by atoms with Gasteiger partial charge in [0.15, 0.2) is 0 Å². The molecule has 0 bridgehead atoms. The first-order valence-corrected chi connectivity index (χ1v) is 7.85. The van der Waals surface area contributed by atoms with Crippen molar-refractivity contribution in [3.05, 3.63) is 52.1 Å². The third kappa shape index (κ3) is 2.24. The van der Waals surface area contributed by atoms with Gasteiger partial charge in [0.25, 0.3) is 0 Å². The lowest BCUT2D eigenvalue weighted by Gasteiger charge is -2.18. The van der Waals surface area contributed by atoms with Gasteiger partial charge in [-0.15, -0.1) is 11.3 Å². The number of benzene rings is 1. The van der Waals surface area contributed by atoms with Gasteiger partial charge in [-0.05, 0) is 28.9 Å². The lowest BCUT2D eigenvalue weighted by molar-refractivity contribution is 0.576. The van der Waals surface area contributed by atoms with Crippen molar-refractivity contribution in [2.24, 2.45) is 7.05 Å². The van der Waals surface area contributed by atoms with Crippen LogP contribution < -0.4 is 5.32 Å². The topological polar surface area (TPSA) is 29.9 Å². The van der Waals surface area contributed by atoms with Crippen LogP contribution in [-0.2, 0) is 7.05 Å². The molecule has 5 heteroatoms. The Morgan fingerprint density at radius 3 is 2.90 bits per heavy atom. The van der Waals surface area contributed by atoms with Gasteiger partial charge in [-0.3, -0.25) is 4.68 Å². The first-order valence-electron chi connectivity index (χ1n) is 6.59. The molecule has 0 aliphatic rings. The maximum absolute atomic E-state index is 6.32. The average molecular weight is 306 g/mol. The summed E-state index contributed by atoms with van der Waals surface area (Å²) >= 11 is 8.09. The molecular weight excluding hydrogens is 290 g/mol. The van der Waals surface area contributed by atoms with E-state index in [9.17, 15) is 0 Å². The van der Waals surface area contributed by atoms with Gasteiger partial charge in [0.05, 0.1) is 23.0 Å². The Hall–Kier alpha value is -1.36. The van der Waals surface area contributed by atoms with E-state index in [1.165, 1.54) is 15.6 Å². The second-order valence-electron chi connectivity index (χ2n) is 4.68. The molecule has 0 amide bonds. The lowest BCUT2D eigenvalue weighted by Crippen LogP contribution is -2.24. The third-order valence-electron chi connectivity index (χ3n) is 3.44. The molecule has 2 aromatic heterocycles. The van der Waals surface area contributed by atoms with Crippen LogP contribution in [0, 0.1) is 0 Å². The van der Waals surface area contributed by atoms with Crippen molar-refractivity contribution in [3.8, 4) is 0 Å². The van der Waals surface area contributed by atoms with Gasteiger partial charge >= 0.3 is 0 Å². The number of halogens is 1. The first kappa shape index (κ1) is 13.6. The highest BCUT2D eigenvalue weighted by molar-refractivity contribution is 7.17. The smallest absolute Gasteiger partial charge is 0.0837 e. The second kappa shape index (κ2) is 5.56. The number of nitrogens with zero attached hydrogens (tertiary/aromatic N) is 2. The molecule has 3 rings (SSSR count). The average Bonchev–Trinajstić information content (AvgIpc) is 3.01. The fourth-order valence-corrected chi connectivity index (χ4v) is 3.79. The van der Waals surface area contributed by atoms with Gasteiger partial charge in [-0.1, -0.05) is 36.7 Å². The van der Waals surface area contributed by atoms with Crippen LogP contribution in [0.4, 0.5) is 0 Å². The Kier molecular flexibility index (Phi) is 3.78. The highest BCUT2D eigenvalue weighted by Crippen LogP contribution is 2.35.